The first kappa shape index (κ1) is 13.5. The van der Waals surface area contributed by atoms with Crippen molar-refractivity contribution < 1.29 is 22.7 Å². The van der Waals surface area contributed by atoms with Crippen molar-refractivity contribution in [1.29, 1.82) is 0 Å². The van der Waals surface area contributed by atoms with Crippen molar-refractivity contribution in [1.82, 2.24) is 0 Å². The van der Waals surface area contributed by atoms with Gasteiger partial charge in [-0.25, -0.2) is 0 Å². The van der Waals surface area contributed by atoms with Crippen LogP contribution in [0.25, 0.3) is 0 Å². The summed E-state index contributed by atoms with van der Waals surface area (Å²) < 4.78 is 42.6. The highest BCUT2D eigenvalue weighted by molar-refractivity contribution is 5.00. The molecule has 1 unspecified atom stereocenters. The Morgan fingerprint density at radius 3 is 2.44 bits per heavy atom. The Balaban J connectivity index is 1.82. The van der Waals surface area contributed by atoms with Gasteiger partial charge >= 0.3 is 6.18 Å². The van der Waals surface area contributed by atoms with Crippen LogP contribution in [0.15, 0.2) is 22.8 Å². The maximum Gasteiger partial charge on any atom is 0.391 e. The molecule has 2 rings (SSSR count). The Hall–Kier alpha value is -0.970. The predicted octanol–water partition coefficient (Wildman–Crippen LogP) is 3.55. The van der Waals surface area contributed by atoms with Gasteiger partial charge in [0, 0.05) is 6.42 Å². The van der Waals surface area contributed by atoms with E-state index in [2.05, 4.69) is 0 Å². The Labute approximate surface area is 104 Å². The van der Waals surface area contributed by atoms with Crippen LogP contribution in [0, 0.1) is 11.8 Å². The molecular formula is C13H17F3O2. The molecule has 1 aliphatic carbocycles. The molecule has 1 N–H and O–H groups in total. The minimum atomic E-state index is -4.09. The zero-order chi connectivity index (χ0) is 13.2. The lowest BCUT2D eigenvalue weighted by Crippen LogP contribution is -2.32. The number of hydrogen-bond donors (Lipinski definition) is 1. The standard InChI is InChI=1S/C13H17F3O2/c14-13(15,16)10-5-3-9(4-6-10)12(17)8-11-2-1-7-18-11/h1-2,7,9-10,12,17H,3-6,8H2. The molecule has 0 radical (unpaired) electrons. The summed E-state index contributed by atoms with van der Waals surface area (Å²) in [5, 5.41) is 9.99. The monoisotopic (exact) mass is 262 g/mol. The first-order valence-corrected chi connectivity index (χ1v) is 6.24. The van der Waals surface area contributed by atoms with Crippen molar-refractivity contribution in [2.45, 2.75) is 44.4 Å². The predicted molar refractivity (Wildman–Crippen MR) is 59.9 cm³/mol. The molecule has 1 atom stereocenters. The molecule has 0 spiro atoms. The third-order valence-corrected chi connectivity index (χ3v) is 3.77. The summed E-state index contributed by atoms with van der Waals surface area (Å²) in [6.45, 7) is 0. The lowest BCUT2D eigenvalue weighted by molar-refractivity contribution is -0.185. The van der Waals surface area contributed by atoms with E-state index in [1.165, 1.54) is 6.26 Å². The fraction of sp³-hybridized carbons (Fsp3) is 0.692. The van der Waals surface area contributed by atoms with Crippen LogP contribution in [0.1, 0.15) is 31.4 Å². The third kappa shape index (κ3) is 3.28. The molecule has 0 aliphatic heterocycles. The lowest BCUT2D eigenvalue weighted by Gasteiger charge is -2.32. The molecule has 0 aromatic carbocycles. The summed E-state index contributed by atoms with van der Waals surface area (Å²) in [5.74, 6) is -0.557. The molecule has 0 saturated heterocycles. The number of hydrogen-bond acceptors (Lipinski definition) is 2. The average Bonchev–Trinajstić information content (AvgIpc) is 2.81. The van der Waals surface area contributed by atoms with E-state index in [-0.39, 0.29) is 18.8 Å². The summed E-state index contributed by atoms with van der Waals surface area (Å²) in [5.41, 5.74) is 0. The third-order valence-electron chi connectivity index (χ3n) is 3.77. The number of aliphatic hydroxyl groups excluding tert-OH is 1. The van der Waals surface area contributed by atoms with Crippen LogP contribution in [0.2, 0.25) is 0 Å². The van der Waals surface area contributed by atoms with E-state index in [1.807, 2.05) is 0 Å². The Bertz CT molecular complexity index is 351. The number of aliphatic hydroxyl groups is 1. The lowest BCUT2D eigenvalue weighted by atomic mass is 9.78. The second-order valence-electron chi connectivity index (χ2n) is 5.00. The van der Waals surface area contributed by atoms with Crippen molar-refractivity contribution in [2.75, 3.05) is 0 Å². The fourth-order valence-electron chi connectivity index (χ4n) is 2.63. The van der Waals surface area contributed by atoms with Crippen LogP contribution in [0.5, 0.6) is 0 Å². The van der Waals surface area contributed by atoms with Crippen molar-refractivity contribution >= 4 is 0 Å². The maximum atomic E-state index is 12.5. The molecule has 1 aromatic heterocycles. The van der Waals surface area contributed by atoms with Crippen LogP contribution < -0.4 is 0 Å². The van der Waals surface area contributed by atoms with E-state index >= 15 is 0 Å². The van der Waals surface area contributed by atoms with Crippen molar-refractivity contribution in [3.8, 4) is 0 Å². The van der Waals surface area contributed by atoms with Gasteiger partial charge in [-0.2, -0.15) is 13.2 Å². The fourth-order valence-corrected chi connectivity index (χ4v) is 2.63. The summed E-state index contributed by atoms with van der Waals surface area (Å²) in [4.78, 5) is 0. The molecule has 0 amide bonds. The van der Waals surface area contributed by atoms with E-state index in [9.17, 15) is 18.3 Å². The van der Waals surface area contributed by atoms with E-state index in [0.29, 0.717) is 25.0 Å². The highest BCUT2D eigenvalue weighted by Crippen LogP contribution is 2.40. The molecule has 1 aliphatic rings. The normalized spacial score (nSPS) is 27.1. The molecule has 102 valence electrons. The van der Waals surface area contributed by atoms with Gasteiger partial charge in [-0.15, -0.1) is 0 Å². The van der Waals surface area contributed by atoms with E-state index in [4.69, 9.17) is 4.42 Å². The first-order valence-electron chi connectivity index (χ1n) is 6.24. The van der Waals surface area contributed by atoms with Gasteiger partial charge in [-0.05, 0) is 43.7 Å². The molecule has 2 nitrogen and oxygen atoms in total. The Morgan fingerprint density at radius 1 is 1.28 bits per heavy atom. The van der Waals surface area contributed by atoms with E-state index in [1.54, 1.807) is 12.1 Å². The van der Waals surface area contributed by atoms with Gasteiger partial charge in [-0.1, -0.05) is 0 Å². The minimum Gasteiger partial charge on any atom is -0.469 e. The summed E-state index contributed by atoms with van der Waals surface area (Å²) in [7, 11) is 0. The van der Waals surface area contributed by atoms with Gasteiger partial charge in [0.1, 0.15) is 5.76 Å². The van der Waals surface area contributed by atoms with Crippen LogP contribution in [0.3, 0.4) is 0 Å². The van der Waals surface area contributed by atoms with Crippen molar-refractivity contribution in [3.63, 3.8) is 0 Å². The second-order valence-corrected chi connectivity index (χ2v) is 5.00. The number of halogens is 3. The molecule has 1 heterocycles. The Morgan fingerprint density at radius 2 is 1.94 bits per heavy atom. The minimum absolute atomic E-state index is 0.0475. The molecular weight excluding hydrogens is 245 g/mol. The van der Waals surface area contributed by atoms with Gasteiger partial charge in [0.25, 0.3) is 0 Å². The van der Waals surface area contributed by atoms with Crippen molar-refractivity contribution in [2.24, 2.45) is 11.8 Å². The molecule has 18 heavy (non-hydrogen) atoms. The highest BCUT2D eigenvalue weighted by Gasteiger charge is 2.42. The molecule has 1 fully saturated rings. The maximum absolute atomic E-state index is 12.5. The zero-order valence-corrected chi connectivity index (χ0v) is 9.99. The van der Waals surface area contributed by atoms with Crippen molar-refractivity contribution in [3.05, 3.63) is 24.2 Å². The number of furan rings is 1. The van der Waals surface area contributed by atoms with Gasteiger partial charge in [-0.3, -0.25) is 0 Å². The molecule has 5 heteroatoms. The molecule has 0 bridgehead atoms. The smallest absolute Gasteiger partial charge is 0.391 e. The van der Waals surface area contributed by atoms with Gasteiger partial charge in [0.2, 0.25) is 0 Å². The van der Waals surface area contributed by atoms with Gasteiger partial charge in [0.15, 0.2) is 0 Å². The van der Waals surface area contributed by atoms with Crippen LogP contribution >= 0.6 is 0 Å². The van der Waals surface area contributed by atoms with E-state index < -0.39 is 18.2 Å². The highest BCUT2D eigenvalue weighted by atomic mass is 19.4. The van der Waals surface area contributed by atoms with Gasteiger partial charge < -0.3 is 9.52 Å². The van der Waals surface area contributed by atoms with Crippen LogP contribution in [0.4, 0.5) is 13.2 Å². The molecule has 1 saturated carbocycles. The van der Waals surface area contributed by atoms with Crippen LogP contribution in [-0.4, -0.2) is 17.4 Å². The summed E-state index contributed by atoms with van der Waals surface area (Å²) >= 11 is 0. The van der Waals surface area contributed by atoms with Crippen LogP contribution in [-0.2, 0) is 6.42 Å². The number of alkyl halides is 3. The molecule has 1 aromatic rings. The average molecular weight is 262 g/mol. The largest absolute Gasteiger partial charge is 0.469 e. The quantitative estimate of drug-likeness (QED) is 0.903. The summed E-state index contributed by atoms with van der Waals surface area (Å²) in [6, 6.07) is 3.51. The summed E-state index contributed by atoms with van der Waals surface area (Å²) in [6.07, 6.45) is -1.65. The number of rotatable bonds is 3. The second kappa shape index (κ2) is 5.34. The topological polar surface area (TPSA) is 33.4 Å². The zero-order valence-electron chi connectivity index (χ0n) is 9.99. The SMILES string of the molecule is OC(Cc1ccco1)C1CCC(C(F)(F)F)CC1. The van der Waals surface area contributed by atoms with E-state index in [0.717, 1.165) is 0 Å². The van der Waals surface area contributed by atoms with Gasteiger partial charge in [0.05, 0.1) is 18.3 Å². The first-order chi connectivity index (χ1) is 8.47. The Kier molecular flexibility index (Phi) is 4.00.